The highest BCUT2D eigenvalue weighted by molar-refractivity contribution is 5.69. The fourth-order valence-corrected chi connectivity index (χ4v) is 0.856. The molecule has 0 aliphatic rings. The molecule has 0 fully saturated rings. The molecule has 1 rings (SSSR count). The van der Waals surface area contributed by atoms with Gasteiger partial charge in [-0.15, -0.1) is 0 Å². The summed E-state index contributed by atoms with van der Waals surface area (Å²) in [6, 6.07) is 3.51. The minimum absolute atomic E-state index is 0.0278. The molecule has 0 aliphatic heterocycles. The van der Waals surface area contributed by atoms with Crippen molar-refractivity contribution < 1.29 is 14.3 Å². The van der Waals surface area contributed by atoms with Crippen molar-refractivity contribution in [3.8, 4) is 0 Å². The monoisotopic (exact) mass is 154 g/mol. The van der Waals surface area contributed by atoms with Crippen molar-refractivity contribution in [1.82, 2.24) is 0 Å². The van der Waals surface area contributed by atoms with E-state index in [1.807, 2.05) is 6.92 Å². The van der Waals surface area contributed by atoms with E-state index in [9.17, 15) is 4.79 Å². The van der Waals surface area contributed by atoms with Crippen molar-refractivity contribution in [2.24, 2.45) is 0 Å². The summed E-state index contributed by atoms with van der Waals surface area (Å²) < 4.78 is 5.16. The van der Waals surface area contributed by atoms with E-state index >= 15 is 0 Å². The second kappa shape index (κ2) is 3.23. The highest BCUT2D eigenvalue weighted by atomic mass is 16.4. The summed E-state index contributed by atoms with van der Waals surface area (Å²) in [5, 5.41) is 8.39. The lowest BCUT2D eigenvalue weighted by Crippen LogP contribution is -1.97. The quantitative estimate of drug-likeness (QED) is 0.717. The number of rotatable bonds is 3. The Morgan fingerprint density at radius 1 is 1.55 bits per heavy atom. The van der Waals surface area contributed by atoms with Crippen molar-refractivity contribution in [2.75, 3.05) is 0 Å². The first-order valence-corrected chi connectivity index (χ1v) is 3.51. The molecule has 3 heteroatoms. The first-order chi connectivity index (χ1) is 5.22. The third-order valence-corrected chi connectivity index (χ3v) is 1.39. The van der Waals surface area contributed by atoms with Gasteiger partial charge in [0, 0.05) is 6.42 Å². The van der Waals surface area contributed by atoms with Gasteiger partial charge in [0.15, 0.2) is 0 Å². The zero-order valence-corrected chi connectivity index (χ0v) is 6.33. The first kappa shape index (κ1) is 7.85. The zero-order chi connectivity index (χ0) is 8.27. The predicted octanol–water partition coefficient (Wildman–Crippen LogP) is 1.47. The summed E-state index contributed by atoms with van der Waals surface area (Å²) in [4.78, 5) is 10.2. The van der Waals surface area contributed by atoms with Gasteiger partial charge in [-0.3, -0.25) is 4.79 Å². The van der Waals surface area contributed by atoms with Crippen LogP contribution in [0.3, 0.4) is 0 Å². The largest absolute Gasteiger partial charge is 0.481 e. The number of hydrogen-bond acceptors (Lipinski definition) is 2. The smallest absolute Gasteiger partial charge is 0.311 e. The number of hydrogen-bond donors (Lipinski definition) is 1. The molecule has 1 N–H and O–H groups in total. The Hall–Kier alpha value is -1.25. The summed E-state index contributed by atoms with van der Waals surface area (Å²) in [6.07, 6.45) is 0.777. The molecule has 1 aromatic rings. The Labute approximate surface area is 64.6 Å². The minimum Gasteiger partial charge on any atom is -0.481 e. The fourth-order valence-electron chi connectivity index (χ4n) is 0.856. The van der Waals surface area contributed by atoms with Crippen LogP contribution < -0.4 is 0 Å². The Morgan fingerprint density at radius 2 is 2.18 bits per heavy atom. The molecule has 1 heterocycles. The van der Waals surface area contributed by atoms with E-state index < -0.39 is 5.97 Å². The van der Waals surface area contributed by atoms with E-state index in [0.29, 0.717) is 5.76 Å². The third-order valence-electron chi connectivity index (χ3n) is 1.39. The molecule has 3 nitrogen and oxygen atoms in total. The molecule has 60 valence electrons. The van der Waals surface area contributed by atoms with Crippen LogP contribution in [-0.2, 0) is 17.6 Å². The van der Waals surface area contributed by atoms with E-state index in [-0.39, 0.29) is 6.42 Å². The molecule has 0 saturated carbocycles. The number of carboxylic acids is 1. The molecule has 0 bridgehead atoms. The first-order valence-electron chi connectivity index (χ1n) is 3.51. The van der Waals surface area contributed by atoms with Crippen LogP contribution >= 0.6 is 0 Å². The maximum absolute atomic E-state index is 10.2. The highest BCUT2D eigenvalue weighted by Crippen LogP contribution is 2.08. The Bertz CT molecular complexity index is 250. The molecule has 0 spiro atoms. The van der Waals surface area contributed by atoms with Crippen molar-refractivity contribution >= 4 is 5.97 Å². The minimum atomic E-state index is -0.859. The molecule has 1 aromatic heterocycles. The fraction of sp³-hybridized carbons (Fsp3) is 0.375. The Morgan fingerprint density at radius 3 is 2.64 bits per heavy atom. The Balaban J connectivity index is 2.65. The summed E-state index contributed by atoms with van der Waals surface area (Å²) in [5.41, 5.74) is 0. The number of carbonyl (C=O) groups is 1. The van der Waals surface area contributed by atoms with Crippen molar-refractivity contribution in [3.63, 3.8) is 0 Å². The van der Waals surface area contributed by atoms with Gasteiger partial charge in [0.05, 0.1) is 0 Å². The summed E-state index contributed by atoms with van der Waals surface area (Å²) in [6.45, 7) is 1.96. The van der Waals surface area contributed by atoms with E-state index in [1.165, 1.54) is 0 Å². The molecule has 0 amide bonds. The van der Waals surface area contributed by atoms with E-state index in [0.717, 1.165) is 12.2 Å². The molecule has 11 heavy (non-hydrogen) atoms. The average molecular weight is 154 g/mol. The van der Waals surface area contributed by atoms with Gasteiger partial charge < -0.3 is 9.52 Å². The van der Waals surface area contributed by atoms with Crippen LogP contribution in [-0.4, -0.2) is 11.1 Å². The van der Waals surface area contributed by atoms with Gasteiger partial charge in [0.1, 0.15) is 17.9 Å². The highest BCUT2D eigenvalue weighted by Gasteiger charge is 2.04. The van der Waals surface area contributed by atoms with Crippen molar-refractivity contribution in [1.29, 1.82) is 0 Å². The van der Waals surface area contributed by atoms with Gasteiger partial charge in [-0.25, -0.2) is 0 Å². The van der Waals surface area contributed by atoms with Crippen LogP contribution in [0.4, 0.5) is 0 Å². The lowest BCUT2D eigenvalue weighted by Gasteiger charge is -1.89. The van der Waals surface area contributed by atoms with Gasteiger partial charge in [0.2, 0.25) is 0 Å². The second-order valence-corrected chi connectivity index (χ2v) is 2.29. The molecule has 0 radical (unpaired) electrons. The number of furan rings is 1. The van der Waals surface area contributed by atoms with Crippen LogP contribution in [0.25, 0.3) is 0 Å². The molecule has 0 aliphatic carbocycles. The number of carboxylic acid groups (broad SMARTS) is 1. The Kier molecular flexibility index (Phi) is 2.31. The average Bonchev–Trinajstić information content (AvgIpc) is 2.34. The van der Waals surface area contributed by atoms with Gasteiger partial charge in [-0.1, -0.05) is 6.92 Å². The molecule has 0 aromatic carbocycles. The van der Waals surface area contributed by atoms with Gasteiger partial charge >= 0.3 is 5.97 Å². The lowest BCUT2D eigenvalue weighted by atomic mass is 10.3. The van der Waals surface area contributed by atoms with Crippen LogP contribution in [0.5, 0.6) is 0 Å². The zero-order valence-electron chi connectivity index (χ0n) is 6.33. The second-order valence-electron chi connectivity index (χ2n) is 2.29. The summed E-state index contributed by atoms with van der Waals surface area (Å²) in [7, 11) is 0. The maximum Gasteiger partial charge on any atom is 0.311 e. The van der Waals surface area contributed by atoms with Gasteiger partial charge in [0.25, 0.3) is 0 Å². The standard InChI is InChI=1S/C8H10O3/c1-2-6-3-4-7(11-6)5-8(9)10/h3-4H,2,5H2,1H3,(H,9,10). The van der Waals surface area contributed by atoms with E-state index in [4.69, 9.17) is 9.52 Å². The van der Waals surface area contributed by atoms with Crippen LogP contribution in [0.1, 0.15) is 18.4 Å². The lowest BCUT2D eigenvalue weighted by molar-refractivity contribution is -0.136. The predicted molar refractivity (Wildman–Crippen MR) is 39.4 cm³/mol. The molecule has 0 atom stereocenters. The van der Waals surface area contributed by atoms with Crippen molar-refractivity contribution in [3.05, 3.63) is 23.7 Å². The van der Waals surface area contributed by atoms with Gasteiger partial charge in [-0.05, 0) is 12.1 Å². The van der Waals surface area contributed by atoms with E-state index in [1.54, 1.807) is 12.1 Å². The molecular formula is C8H10O3. The number of aryl methyl sites for hydroxylation is 1. The SMILES string of the molecule is CCc1ccc(CC(=O)O)o1. The summed E-state index contributed by atoms with van der Waals surface area (Å²) in [5.74, 6) is 0.498. The molecule has 0 saturated heterocycles. The van der Waals surface area contributed by atoms with Crippen LogP contribution in [0.2, 0.25) is 0 Å². The maximum atomic E-state index is 10.2. The molecular weight excluding hydrogens is 144 g/mol. The third kappa shape index (κ3) is 2.11. The normalized spacial score (nSPS) is 9.91. The van der Waals surface area contributed by atoms with Crippen LogP contribution in [0, 0.1) is 0 Å². The van der Waals surface area contributed by atoms with Crippen LogP contribution in [0.15, 0.2) is 16.5 Å². The topological polar surface area (TPSA) is 50.4 Å². The number of aliphatic carboxylic acids is 1. The van der Waals surface area contributed by atoms with E-state index in [2.05, 4.69) is 0 Å². The van der Waals surface area contributed by atoms with Gasteiger partial charge in [-0.2, -0.15) is 0 Å². The molecule has 0 unspecified atom stereocenters. The summed E-state index contributed by atoms with van der Waals surface area (Å²) >= 11 is 0. The van der Waals surface area contributed by atoms with Crippen molar-refractivity contribution in [2.45, 2.75) is 19.8 Å².